The van der Waals surface area contributed by atoms with E-state index in [0.717, 1.165) is 31.0 Å². The number of hydrogen-bond donors (Lipinski definition) is 1. The van der Waals surface area contributed by atoms with Crippen molar-refractivity contribution in [2.75, 3.05) is 11.4 Å². The van der Waals surface area contributed by atoms with Crippen molar-refractivity contribution in [1.82, 2.24) is 20.1 Å². The molecule has 0 unspecified atom stereocenters. The molecule has 104 valence electrons. The summed E-state index contributed by atoms with van der Waals surface area (Å²) in [4.78, 5) is 14.0. The molecule has 1 aliphatic rings. The summed E-state index contributed by atoms with van der Waals surface area (Å²) in [7, 11) is 0. The average molecular weight is 271 g/mol. The molecule has 2 heterocycles. The quantitative estimate of drug-likeness (QED) is 0.921. The molecule has 0 atom stereocenters. The van der Waals surface area contributed by atoms with Crippen LogP contribution in [0.1, 0.15) is 18.3 Å². The van der Waals surface area contributed by atoms with Crippen LogP contribution in [-0.4, -0.2) is 27.3 Å². The zero-order valence-corrected chi connectivity index (χ0v) is 11.4. The summed E-state index contributed by atoms with van der Waals surface area (Å²) in [5.41, 5.74) is 2.22. The lowest BCUT2D eigenvalue weighted by Crippen LogP contribution is -2.39. The maximum Gasteiger partial charge on any atom is 0.322 e. The van der Waals surface area contributed by atoms with E-state index in [1.165, 1.54) is 5.56 Å². The van der Waals surface area contributed by atoms with Crippen molar-refractivity contribution >= 4 is 11.7 Å². The highest BCUT2D eigenvalue weighted by molar-refractivity contribution is 5.94. The van der Waals surface area contributed by atoms with Gasteiger partial charge in [0, 0.05) is 18.8 Å². The molecule has 0 fully saturated rings. The van der Waals surface area contributed by atoms with Crippen LogP contribution in [0.4, 0.5) is 10.5 Å². The van der Waals surface area contributed by atoms with Gasteiger partial charge in [-0.2, -0.15) is 0 Å². The molecule has 1 aliphatic heterocycles. The number of carbonyl (C=O) groups is 1. The lowest BCUT2D eigenvalue weighted by molar-refractivity contribution is 0.246. The van der Waals surface area contributed by atoms with Crippen LogP contribution in [0, 0.1) is 0 Å². The molecule has 0 radical (unpaired) electrons. The van der Waals surface area contributed by atoms with Gasteiger partial charge in [-0.25, -0.2) is 4.79 Å². The van der Waals surface area contributed by atoms with Gasteiger partial charge < -0.3 is 9.88 Å². The molecule has 0 bridgehead atoms. The van der Waals surface area contributed by atoms with E-state index in [-0.39, 0.29) is 6.03 Å². The number of nitrogens with zero attached hydrogens (tertiary/aromatic N) is 4. The summed E-state index contributed by atoms with van der Waals surface area (Å²) in [6, 6.07) is 7.93. The number of carbonyl (C=O) groups excluding carboxylic acids is 1. The number of benzene rings is 1. The lowest BCUT2D eigenvalue weighted by atomic mass is 10.2. The summed E-state index contributed by atoms with van der Waals surface area (Å²) in [6.07, 6.45) is 2.58. The highest BCUT2D eigenvalue weighted by atomic mass is 16.2. The first-order valence-corrected chi connectivity index (χ1v) is 6.79. The molecule has 0 saturated heterocycles. The lowest BCUT2D eigenvalue weighted by Gasteiger charge is -2.17. The van der Waals surface area contributed by atoms with Crippen molar-refractivity contribution in [1.29, 1.82) is 0 Å². The van der Waals surface area contributed by atoms with Crippen LogP contribution in [0.15, 0.2) is 30.6 Å². The van der Waals surface area contributed by atoms with Crippen molar-refractivity contribution in [3.05, 3.63) is 42.0 Å². The van der Waals surface area contributed by atoms with E-state index >= 15 is 0 Å². The van der Waals surface area contributed by atoms with Crippen LogP contribution >= 0.6 is 0 Å². The number of nitrogens with one attached hydrogen (secondary N) is 1. The maximum atomic E-state index is 12.3. The Morgan fingerprint density at radius 3 is 3.10 bits per heavy atom. The Bertz CT molecular complexity index is 622. The fourth-order valence-electron chi connectivity index (χ4n) is 2.48. The molecular weight excluding hydrogens is 254 g/mol. The van der Waals surface area contributed by atoms with Crippen molar-refractivity contribution in [2.45, 2.75) is 26.4 Å². The number of para-hydroxylation sites is 1. The smallest absolute Gasteiger partial charge is 0.322 e. The average Bonchev–Trinajstić information content (AvgIpc) is 3.11. The second-order valence-electron chi connectivity index (χ2n) is 4.72. The van der Waals surface area contributed by atoms with Crippen LogP contribution in [0.3, 0.4) is 0 Å². The van der Waals surface area contributed by atoms with Gasteiger partial charge in [0.2, 0.25) is 0 Å². The van der Waals surface area contributed by atoms with Crippen LogP contribution in [0.25, 0.3) is 0 Å². The van der Waals surface area contributed by atoms with E-state index in [0.29, 0.717) is 6.54 Å². The van der Waals surface area contributed by atoms with Crippen molar-refractivity contribution in [2.24, 2.45) is 0 Å². The van der Waals surface area contributed by atoms with Gasteiger partial charge in [0.1, 0.15) is 6.33 Å². The van der Waals surface area contributed by atoms with E-state index in [4.69, 9.17) is 0 Å². The van der Waals surface area contributed by atoms with Gasteiger partial charge in [0.05, 0.1) is 6.54 Å². The molecule has 6 nitrogen and oxygen atoms in total. The zero-order chi connectivity index (χ0) is 13.9. The van der Waals surface area contributed by atoms with Gasteiger partial charge in [-0.3, -0.25) is 4.90 Å². The standard InChI is InChI=1S/C14H17N5O/c1-2-18-10-16-17-13(18)9-15-14(20)19-8-7-11-5-3-4-6-12(11)19/h3-6,10H,2,7-9H2,1H3,(H,15,20). The number of anilines is 1. The normalized spacial score (nSPS) is 13.3. The van der Waals surface area contributed by atoms with Gasteiger partial charge in [-0.05, 0) is 25.0 Å². The zero-order valence-electron chi connectivity index (χ0n) is 11.4. The molecule has 0 aliphatic carbocycles. The predicted octanol–water partition coefficient (Wildman–Crippen LogP) is 1.57. The Hall–Kier alpha value is -2.37. The molecule has 1 N–H and O–H groups in total. The van der Waals surface area contributed by atoms with Gasteiger partial charge in [0.25, 0.3) is 0 Å². The number of amides is 2. The predicted molar refractivity (Wildman–Crippen MR) is 75.4 cm³/mol. The van der Waals surface area contributed by atoms with E-state index in [9.17, 15) is 4.79 Å². The van der Waals surface area contributed by atoms with Crippen LogP contribution in [0.5, 0.6) is 0 Å². The number of aryl methyl sites for hydroxylation is 1. The number of rotatable bonds is 3. The third-order valence-corrected chi connectivity index (χ3v) is 3.57. The number of aromatic nitrogens is 3. The van der Waals surface area contributed by atoms with E-state index in [1.807, 2.05) is 29.7 Å². The molecule has 1 aromatic carbocycles. The largest absolute Gasteiger partial charge is 0.330 e. The van der Waals surface area contributed by atoms with Gasteiger partial charge >= 0.3 is 6.03 Å². The second kappa shape index (κ2) is 5.32. The Morgan fingerprint density at radius 2 is 2.25 bits per heavy atom. The summed E-state index contributed by atoms with van der Waals surface area (Å²) < 4.78 is 1.91. The third kappa shape index (κ3) is 2.24. The van der Waals surface area contributed by atoms with Gasteiger partial charge in [-0.1, -0.05) is 18.2 Å². The summed E-state index contributed by atoms with van der Waals surface area (Å²) >= 11 is 0. The van der Waals surface area contributed by atoms with E-state index in [1.54, 1.807) is 11.2 Å². The number of hydrogen-bond acceptors (Lipinski definition) is 3. The van der Waals surface area contributed by atoms with Gasteiger partial charge in [-0.15, -0.1) is 10.2 Å². The molecule has 6 heteroatoms. The van der Waals surface area contributed by atoms with Crippen molar-refractivity contribution in [3.8, 4) is 0 Å². The minimum Gasteiger partial charge on any atom is -0.330 e. The van der Waals surface area contributed by atoms with E-state index < -0.39 is 0 Å². The molecule has 20 heavy (non-hydrogen) atoms. The highest BCUT2D eigenvalue weighted by Crippen LogP contribution is 2.27. The molecule has 3 rings (SSSR count). The number of urea groups is 1. The van der Waals surface area contributed by atoms with Crippen LogP contribution in [0.2, 0.25) is 0 Å². The third-order valence-electron chi connectivity index (χ3n) is 3.57. The Kier molecular flexibility index (Phi) is 3.37. The van der Waals surface area contributed by atoms with Gasteiger partial charge in [0.15, 0.2) is 5.82 Å². The molecule has 2 amide bonds. The molecule has 0 spiro atoms. The topological polar surface area (TPSA) is 63.1 Å². The van der Waals surface area contributed by atoms with Crippen LogP contribution in [-0.2, 0) is 19.5 Å². The molecular formula is C14H17N5O. The summed E-state index contributed by atoms with van der Waals surface area (Å²) in [5, 5.41) is 10.8. The Morgan fingerprint density at radius 1 is 1.40 bits per heavy atom. The first kappa shape index (κ1) is 12.7. The van der Waals surface area contributed by atoms with E-state index in [2.05, 4.69) is 21.6 Å². The van der Waals surface area contributed by atoms with Crippen LogP contribution < -0.4 is 10.2 Å². The first-order chi connectivity index (χ1) is 9.79. The Labute approximate surface area is 117 Å². The Balaban J connectivity index is 1.66. The SMILES string of the molecule is CCn1cnnc1CNC(=O)N1CCc2ccccc21. The maximum absolute atomic E-state index is 12.3. The monoisotopic (exact) mass is 271 g/mol. The molecule has 2 aromatic rings. The van der Waals surface area contributed by atoms with Crippen molar-refractivity contribution < 1.29 is 4.79 Å². The fraction of sp³-hybridized carbons (Fsp3) is 0.357. The molecule has 1 aromatic heterocycles. The first-order valence-electron chi connectivity index (χ1n) is 6.79. The summed E-state index contributed by atoms with van der Waals surface area (Å²) in [6.45, 7) is 3.94. The summed E-state index contributed by atoms with van der Waals surface area (Å²) in [5.74, 6) is 0.772. The fourth-order valence-corrected chi connectivity index (χ4v) is 2.48. The highest BCUT2D eigenvalue weighted by Gasteiger charge is 2.23. The minimum atomic E-state index is -0.0828. The van der Waals surface area contributed by atoms with Crippen molar-refractivity contribution in [3.63, 3.8) is 0 Å². The molecule has 0 saturated carbocycles. The second-order valence-corrected chi connectivity index (χ2v) is 4.72. The minimum absolute atomic E-state index is 0.0828. The number of fused-ring (bicyclic) bond motifs is 1.